The minimum atomic E-state index is -0.763. The maximum absolute atomic E-state index is 12.9. The van der Waals surface area contributed by atoms with Crippen molar-refractivity contribution in [1.29, 1.82) is 0 Å². The Hall–Kier alpha value is -1.59. The zero-order valence-electron chi connectivity index (χ0n) is 46.0. The van der Waals surface area contributed by atoms with Crippen LogP contribution < -0.4 is 0 Å². The van der Waals surface area contributed by atoms with Gasteiger partial charge in [0.1, 0.15) is 13.2 Å². The Morgan fingerprint density at radius 2 is 0.493 bits per heavy atom. The van der Waals surface area contributed by atoms with Gasteiger partial charge in [0.05, 0.1) is 0 Å². The third-order valence-corrected chi connectivity index (χ3v) is 14.0. The highest BCUT2D eigenvalue weighted by molar-refractivity contribution is 5.71. The van der Waals surface area contributed by atoms with Gasteiger partial charge in [-0.1, -0.05) is 304 Å². The van der Waals surface area contributed by atoms with E-state index in [2.05, 4.69) is 34.6 Å². The molecule has 0 aliphatic carbocycles. The number of ether oxygens (including phenoxy) is 3. The van der Waals surface area contributed by atoms with Gasteiger partial charge < -0.3 is 14.2 Å². The van der Waals surface area contributed by atoms with E-state index in [-0.39, 0.29) is 31.1 Å². The Morgan fingerprint density at radius 3 is 0.731 bits per heavy atom. The normalized spacial score (nSPS) is 12.0. The smallest absolute Gasteiger partial charge is 0.306 e. The Balaban J connectivity index is 4.29. The molecule has 0 aromatic carbocycles. The number of hydrogen-bond donors (Lipinski definition) is 0. The Bertz CT molecular complexity index is 1020. The molecule has 0 aromatic rings. The number of carbonyl (C=O) groups is 3. The van der Waals surface area contributed by atoms with Gasteiger partial charge in [-0.3, -0.25) is 14.4 Å². The van der Waals surface area contributed by atoms with Crippen LogP contribution in [0.4, 0.5) is 0 Å². The summed E-state index contributed by atoms with van der Waals surface area (Å²) in [5, 5.41) is 0. The lowest BCUT2D eigenvalue weighted by atomic mass is 10.0. The second-order valence-corrected chi connectivity index (χ2v) is 21.9. The summed E-state index contributed by atoms with van der Waals surface area (Å²) in [6, 6.07) is 0. The molecular weight excluding hydrogens is 829 g/mol. The van der Waals surface area contributed by atoms with Crippen LogP contribution in [0, 0.1) is 11.8 Å². The zero-order valence-corrected chi connectivity index (χ0v) is 46.0. The molecule has 6 nitrogen and oxygen atoms in total. The molecule has 0 saturated heterocycles. The molecule has 0 rings (SSSR count). The van der Waals surface area contributed by atoms with Gasteiger partial charge in [-0.05, 0) is 31.1 Å². The van der Waals surface area contributed by atoms with Gasteiger partial charge in [-0.15, -0.1) is 0 Å². The first-order chi connectivity index (χ1) is 32.7. The van der Waals surface area contributed by atoms with Gasteiger partial charge in [0.2, 0.25) is 0 Å². The number of carbonyl (C=O) groups excluding carboxylic acids is 3. The number of hydrogen-bond acceptors (Lipinski definition) is 6. The van der Waals surface area contributed by atoms with E-state index in [0.717, 1.165) is 69.6 Å². The fourth-order valence-electron chi connectivity index (χ4n) is 9.40. The number of rotatable bonds is 55. The third-order valence-electron chi connectivity index (χ3n) is 14.0. The molecule has 67 heavy (non-hydrogen) atoms. The topological polar surface area (TPSA) is 78.9 Å². The second kappa shape index (κ2) is 53.8. The van der Waals surface area contributed by atoms with E-state index >= 15 is 0 Å². The van der Waals surface area contributed by atoms with Gasteiger partial charge in [0, 0.05) is 19.3 Å². The first-order valence-corrected chi connectivity index (χ1v) is 30.2. The SMILES string of the molecule is CCCCCCCCCCCCCCCCCCCC(=O)O[C@@H](COC(=O)CCCCCCCCCCCCCCCCCC(C)C)COC(=O)CCCCCCCCCCCCCC(C)C. The standard InChI is InChI=1S/C61H118O6/c1-6-7-8-9-10-11-12-13-14-15-18-22-27-33-38-43-48-53-61(64)67-58(55-66-60(63)52-47-42-37-32-28-23-25-30-35-40-45-50-57(4)5)54-65-59(62)51-46-41-36-31-26-21-19-16-17-20-24-29-34-39-44-49-56(2)3/h56-58H,6-55H2,1-5H3/t58-/m0/s1. The average molecular weight is 948 g/mol. The van der Waals surface area contributed by atoms with E-state index in [1.807, 2.05) is 0 Å². The summed E-state index contributed by atoms with van der Waals surface area (Å²) in [7, 11) is 0. The van der Waals surface area contributed by atoms with E-state index < -0.39 is 6.10 Å². The van der Waals surface area contributed by atoms with Crippen molar-refractivity contribution in [1.82, 2.24) is 0 Å². The van der Waals surface area contributed by atoms with E-state index in [9.17, 15) is 14.4 Å². The molecule has 0 bridgehead atoms. The van der Waals surface area contributed by atoms with Crippen molar-refractivity contribution in [3.05, 3.63) is 0 Å². The van der Waals surface area contributed by atoms with Crippen molar-refractivity contribution in [3.63, 3.8) is 0 Å². The summed E-state index contributed by atoms with van der Waals surface area (Å²) in [5.41, 5.74) is 0. The van der Waals surface area contributed by atoms with Crippen LogP contribution in [0.25, 0.3) is 0 Å². The molecule has 0 aromatic heterocycles. The summed E-state index contributed by atoms with van der Waals surface area (Å²) in [5.74, 6) is 0.840. The number of esters is 3. The van der Waals surface area contributed by atoms with E-state index in [4.69, 9.17) is 14.2 Å². The maximum atomic E-state index is 12.9. The molecule has 0 aliphatic heterocycles. The molecule has 0 spiro atoms. The lowest BCUT2D eigenvalue weighted by Gasteiger charge is -2.18. The summed E-state index contributed by atoms with van der Waals surface area (Å²) in [6.45, 7) is 11.4. The van der Waals surface area contributed by atoms with Crippen LogP contribution in [0.2, 0.25) is 0 Å². The molecule has 0 fully saturated rings. The van der Waals surface area contributed by atoms with Crippen LogP contribution in [-0.4, -0.2) is 37.2 Å². The molecule has 0 saturated carbocycles. The zero-order chi connectivity index (χ0) is 48.9. The molecule has 0 unspecified atom stereocenters. The van der Waals surface area contributed by atoms with Crippen molar-refractivity contribution < 1.29 is 28.6 Å². The molecule has 1 atom stereocenters. The van der Waals surface area contributed by atoms with Crippen LogP contribution in [0.3, 0.4) is 0 Å². The minimum Gasteiger partial charge on any atom is -0.462 e. The van der Waals surface area contributed by atoms with Gasteiger partial charge in [0.15, 0.2) is 6.10 Å². The first-order valence-electron chi connectivity index (χ1n) is 30.2. The molecule has 0 radical (unpaired) electrons. The van der Waals surface area contributed by atoms with Gasteiger partial charge >= 0.3 is 17.9 Å². The van der Waals surface area contributed by atoms with Crippen LogP contribution in [-0.2, 0) is 28.6 Å². The second-order valence-electron chi connectivity index (χ2n) is 21.9. The van der Waals surface area contributed by atoms with E-state index in [0.29, 0.717) is 19.3 Å². The highest BCUT2D eigenvalue weighted by Gasteiger charge is 2.19. The fraction of sp³-hybridized carbons (Fsp3) is 0.951. The lowest BCUT2D eigenvalue weighted by molar-refractivity contribution is -0.167. The van der Waals surface area contributed by atoms with Gasteiger partial charge in [0.25, 0.3) is 0 Å². The number of unbranched alkanes of at least 4 members (excludes halogenated alkanes) is 40. The maximum Gasteiger partial charge on any atom is 0.306 e. The Morgan fingerprint density at radius 1 is 0.284 bits per heavy atom. The molecular formula is C61H118O6. The van der Waals surface area contributed by atoms with Crippen LogP contribution in [0.5, 0.6) is 0 Å². The van der Waals surface area contributed by atoms with Crippen molar-refractivity contribution in [2.45, 2.75) is 349 Å². The van der Waals surface area contributed by atoms with Crippen molar-refractivity contribution >= 4 is 17.9 Å². The monoisotopic (exact) mass is 947 g/mol. The molecule has 0 aliphatic rings. The third kappa shape index (κ3) is 55.2. The highest BCUT2D eigenvalue weighted by atomic mass is 16.6. The summed E-state index contributed by atoms with van der Waals surface area (Å²) >= 11 is 0. The minimum absolute atomic E-state index is 0.0624. The highest BCUT2D eigenvalue weighted by Crippen LogP contribution is 2.18. The average Bonchev–Trinajstić information content (AvgIpc) is 3.30. The Kier molecular flexibility index (Phi) is 52.5. The first kappa shape index (κ1) is 65.4. The summed E-state index contributed by atoms with van der Waals surface area (Å²) in [6.07, 6.45) is 58.1. The van der Waals surface area contributed by atoms with E-state index in [1.165, 1.54) is 231 Å². The van der Waals surface area contributed by atoms with Crippen LogP contribution in [0.1, 0.15) is 343 Å². The quantitative estimate of drug-likeness (QED) is 0.0343. The van der Waals surface area contributed by atoms with Crippen molar-refractivity contribution in [2.24, 2.45) is 11.8 Å². The summed E-state index contributed by atoms with van der Waals surface area (Å²) < 4.78 is 16.9. The molecule has 398 valence electrons. The molecule has 0 amide bonds. The summed E-state index contributed by atoms with van der Waals surface area (Å²) in [4.78, 5) is 38.2. The molecule has 0 N–H and O–H groups in total. The lowest BCUT2D eigenvalue weighted by Crippen LogP contribution is -2.30. The van der Waals surface area contributed by atoms with Gasteiger partial charge in [-0.25, -0.2) is 0 Å². The molecule has 6 heteroatoms. The predicted octanol–water partition coefficient (Wildman–Crippen LogP) is 20.0. The van der Waals surface area contributed by atoms with Crippen LogP contribution >= 0.6 is 0 Å². The fourth-order valence-corrected chi connectivity index (χ4v) is 9.40. The Labute approximate surface area is 418 Å². The van der Waals surface area contributed by atoms with Crippen LogP contribution in [0.15, 0.2) is 0 Å². The van der Waals surface area contributed by atoms with Crippen molar-refractivity contribution in [3.8, 4) is 0 Å². The largest absolute Gasteiger partial charge is 0.462 e. The van der Waals surface area contributed by atoms with Gasteiger partial charge in [-0.2, -0.15) is 0 Å². The van der Waals surface area contributed by atoms with E-state index in [1.54, 1.807) is 0 Å². The van der Waals surface area contributed by atoms with Crippen molar-refractivity contribution in [2.75, 3.05) is 13.2 Å². The predicted molar refractivity (Wildman–Crippen MR) is 289 cm³/mol. The molecule has 0 heterocycles.